The van der Waals surface area contributed by atoms with Gasteiger partial charge in [-0.3, -0.25) is 10.1 Å². The molecule has 0 saturated carbocycles. The third-order valence-corrected chi connectivity index (χ3v) is 2.44. The molecule has 0 aliphatic rings. The summed E-state index contributed by atoms with van der Waals surface area (Å²) in [5.74, 6) is 0.863. The summed E-state index contributed by atoms with van der Waals surface area (Å²) in [6.07, 6.45) is 5.27. The number of nitro groups is 1. The van der Waals surface area contributed by atoms with E-state index < -0.39 is 4.92 Å². The van der Waals surface area contributed by atoms with Gasteiger partial charge < -0.3 is 10.3 Å². The van der Waals surface area contributed by atoms with Crippen LogP contribution in [-0.4, -0.2) is 26.4 Å². The van der Waals surface area contributed by atoms with Crippen molar-refractivity contribution in [2.24, 2.45) is 0 Å². The molecule has 0 amide bonds. The van der Waals surface area contributed by atoms with Gasteiger partial charge in [0, 0.05) is 31.6 Å². The molecule has 0 aliphatic heterocycles. The van der Waals surface area contributed by atoms with Crippen LogP contribution in [0.25, 0.3) is 0 Å². The minimum absolute atomic E-state index is 0.0134. The molecule has 2 aromatic heterocycles. The first-order valence-corrected chi connectivity index (χ1v) is 5.48. The summed E-state index contributed by atoms with van der Waals surface area (Å²) in [6.45, 7) is 0.427. The lowest BCUT2D eigenvalue weighted by Crippen LogP contribution is -2.10. The molecule has 0 fully saturated rings. The molecule has 19 heavy (non-hydrogen) atoms. The van der Waals surface area contributed by atoms with Crippen LogP contribution in [0.1, 0.15) is 11.4 Å². The number of H-pyrrole nitrogens is 1. The van der Waals surface area contributed by atoms with Crippen LogP contribution < -0.4 is 5.32 Å². The van der Waals surface area contributed by atoms with E-state index in [9.17, 15) is 10.1 Å². The Hall–Kier alpha value is -2.95. The number of hydrogen-bond acceptors (Lipinski definition) is 6. The fraction of sp³-hybridized carbons (Fsp3) is 0.182. The molecule has 2 heterocycles. The third kappa shape index (κ3) is 2.84. The number of aromatic amines is 1. The van der Waals surface area contributed by atoms with Crippen LogP contribution >= 0.6 is 0 Å². The molecular formula is C11H10N6O2. The van der Waals surface area contributed by atoms with Crippen LogP contribution in [0.3, 0.4) is 0 Å². The molecule has 96 valence electrons. The minimum atomic E-state index is -0.610. The maximum atomic E-state index is 10.9. The number of pyridine rings is 1. The summed E-state index contributed by atoms with van der Waals surface area (Å²) in [6, 6.07) is 3.10. The predicted molar refractivity (Wildman–Crippen MR) is 66.4 cm³/mol. The first kappa shape index (κ1) is 12.5. The Balaban J connectivity index is 2.12. The van der Waals surface area contributed by atoms with Crippen LogP contribution in [0.5, 0.6) is 0 Å². The van der Waals surface area contributed by atoms with Gasteiger partial charge in [-0.1, -0.05) is 0 Å². The highest BCUT2D eigenvalue weighted by Crippen LogP contribution is 2.25. The quantitative estimate of drug-likeness (QED) is 0.614. The molecule has 0 aromatic carbocycles. The molecule has 0 bridgehead atoms. The zero-order chi connectivity index (χ0) is 13.7. The van der Waals surface area contributed by atoms with Crippen molar-refractivity contribution in [3.05, 3.63) is 46.2 Å². The number of anilines is 1. The number of nitrogens with zero attached hydrogens (tertiary/aromatic N) is 4. The van der Waals surface area contributed by atoms with Gasteiger partial charge in [0.2, 0.25) is 5.82 Å². The maximum Gasteiger partial charge on any atom is 0.328 e. The molecule has 0 aliphatic carbocycles. The molecule has 0 saturated heterocycles. The Morgan fingerprint density at radius 2 is 2.32 bits per heavy atom. The van der Waals surface area contributed by atoms with Gasteiger partial charge in [0.25, 0.3) is 0 Å². The van der Waals surface area contributed by atoms with Gasteiger partial charge in [-0.05, 0) is 6.07 Å². The van der Waals surface area contributed by atoms with Crippen LogP contribution in [0.2, 0.25) is 0 Å². The van der Waals surface area contributed by atoms with E-state index in [1.807, 2.05) is 0 Å². The summed E-state index contributed by atoms with van der Waals surface area (Å²) < 4.78 is 0. The Kier molecular flexibility index (Phi) is 3.68. The fourth-order valence-corrected chi connectivity index (χ4v) is 1.59. The highest BCUT2D eigenvalue weighted by Gasteiger charge is 2.20. The van der Waals surface area contributed by atoms with Gasteiger partial charge in [0.15, 0.2) is 0 Å². The summed E-state index contributed by atoms with van der Waals surface area (Å²) >= 11 is 0. The van der Waals surface area contributed by atoms with Gasteiger partial charge in [-0.2, -0.15) is 5.26 Å². The molecular weight excluding hydrogens is 248 g/mol. The van der Waals surface area contributed by atoms with E-state index in [-0.39, 0.29) is 17.1 Å². The largest absolute Gasteiger partial charge is 0.364 e. The van der Waals surface area contributed by atoms with E-state index >= 15 is 0 Å². The van der Waals surface area contributed by atoms with E-state index in [1.54, 1.807) is 18.5 Å². The number of nitriles is 1. The highest BCUT2D eigenvalue weighted by molar-refractivity contribution is 5.63. The minimum Gasteiger partial charge on any atom is -0.364 e. The van der Waals surface area contributed by atoms with Gasteiger partial charge >= 0.3 is 5.69 Å². The number of hydrogen-bond donors (Lipinski definition) is 2. The second-order valence-electron chi connectivity index (χ2n) is 3.64. The summed E-state index contributed by atoms with van der Waals surface area (Å²) in [5.41, 5.74) is -0.315. The van der Waals surface area contributed by atoms with Gasteiger partial charge in [0.1, 0.15) is 17.5 Å². The monoisotopic (exact) mass is 258 g/mol. The summed E-state index contributed by atoms with van der Waals surface area (Å²) in [5, 5.41) is 22.6. The van der Waals surface area contributed by atoms with E-state index in [1.165, 1.54) is 12.3 Å². The Morgan fingerprint density at radius 1 is 1.47 bits per heavy atom. The lowest BCUT2D eigenvalue weighted by atomic mass is 10.2. The van der Waals surface area contributed by atoms with Crippen molar-refractivity contribution < 1.29 is 4.92 Å². The first-order chi connectivity index (χ1) is 9.22. The zero-order valence-electron chi connectivity index (χ0n) is 9.83. The number of nitrogens with one attached hydrogen (secondary N) is 2. The molecule has 2 N–H and O–H groups in total. The zero-order valence-corrected chi connectivity index (χ0v) is 9.83. The van der Waals surface area contributed by atoms with Gasteiger partial charge in [-0.15, -0.1) is 0 Å². The smallest absolute Gasteiger partial charge is 0.328 e. The van der Waals surface area contributed by atoms with Gasteiger partial charge in [0.05, 0.1) is 4.92 Å². The van der Waals surface area contributed by atoms with Crippen molar-refractivity contribution in [1.82, 2.24) is 15.0 Å². The molecule has 8 nitrogen and oxygen atoms in total. The molecule has 0 atom stereocenters. The SMILES string of the molecule is N#Cc1ccnc(NCCc2ncc[nH]2)c1[N+](=O)[O-]. The van der Waals surface area contributed by atoms with Crippen LogP contribution in [0.4, 0.5) is 11.5 Å². The van der Waals surface area contributed by atoms with E-state index in [0.717, 1.165) is 5.82 Å². The Bertz CT molecular complexity index is 617. The fourth-order valence-electron chi connectivity index (χ4n) is 1.59. The number of rotatable bonds is 5. The highest BCUT2D eigenvalue weighted by atomic mass is 16.6. The molecule has 0 unspecified atom stereocenters. The third-order valence-electron chi connectivity index (χ3n) is 2.44. The Labute approximate surface area is 108 Å². The van der Waals surface area contributed by atoms with Crippen LogP contribution in [0.15, 0.2) is 24.7 Å². The van der Waals surface area contributed by atoms with Gasteiger partial charge in [-0.25, -0.2) is 9.97 Å². The lowest BCUT2D eigenvalue weighted by molar-refractivity contribution is -0.384. The topological polar surface area (TPSA) is 121 Å². The van der Waals surface area contributed by atoms with Crippen molar-refractivity contribution in [3.8, 4) is 6.07 Å². The second-order valence-corrected chi connectivity index (χ2v) is 3.64. The number of imidazole rings is 1. The predicted octanol–water partition coefficient (Wildman–Crippen LogP) is 1.24. The number of aromatic nitrogens is 3. The molecule has 0 radical (unpaired) electrons. The average Bonchev–Trinajstić information content (AvgIpc) is 2.91. The summed E-state index contributed by atoms with van der Waals surface area (Å²) in [4.78, 5) is 21.2. The van der Waals surface area contributed by atoms with E-state index in [0.29, 0.717) is 13.0 Å². The van der Waals surface area contributed by atoms with Crippen molar-refractivity contribution in [1.29, 1.82) is 5.26 Å². The standard InChI is InChI=1S/C11H10N6O2/c12-7-8-1-3-15-11(10(8)17(18)19)16-4-2-9-13-5-6-14-9/h1,3,5-6H,2,4H2,(H,13,14)(H,15,16). The molecule has 2 aromatic rings. The van der Waals surface area contributed by atoms with Crippen LogP contribution in [0, 0.1) is 21.4 Å². The van der Waals surface area contributed by atoms with E-state index in [4.69, 9.17) is 5.26 Å². The summed E-state index contributed by atoms with van der Waals surface area (Å²) in [7, 11) is 0. The maximum absolute atomic E-state index is 10.9. The normalized spacial score (nSPS) is 9.84. The molecule has 8 heteroatoms. The second kappa shape index (κ2) is 5.59. The lowest BCUT2D eigenvalue weighted by Gasteiger charge is -2.05. The Morgan fingerprint density at radius 3 is 2.95 bits per heavy atom. The van der Waals surface area contributed by atoms with Crippen molar-refractivity contribution in [2.75, 3.05) is 11.9 Å². The van der Waals surface area contributed by atoms with E-state index in [2.05, 4.69) is 20.3 Å². The molecule has 0 spiro atoms. The average molecular weight is 258 g/mol. The van der Waals surface area contributed by atoms with Crippen molar-refractivity contribution in [3.63, 3.8) is 0 Å². The van der Waals surface area contributed by atoms with Crippen LogP contribution in [-0.2, 0) is 6.42 Å². The first-order valence-electron chi connectivity index (χ1n) is 5.48. The molecule has 2 rings (SSSR count). The van der Waals surface area contributed by atoms with Crippen molar-refractivity contribution >= 4 is 11.5 Å². The van der Waals surface area contributed by atoms with Crippen molar-refractivity contribution in [2.45, 2.75) is 6.42 Å².